The van der Waals surface area contributed by atoms with Gasteiger partial charge >= 0.3 is 5.97 Å². The zero-order valence-electron chi connectivity index (χ0n) is 20.3. The first-order valence-electron chi connectivity index (χ1n) is 11.9. The molecule has 0 aliphatic carbocycles. The average Bonchev–Trinajstić information content (AvgIpc) is 2.86. The molecule has 0 heterocycles. The van der Waals surface area contributed by atoms with E-state index in [0.717, 1.165) is 22.6 Å². The van der Waals surface area contributed by atoms with Gasteiger partial charge in [0.2, 0.25) is 0 Å². The number of anilines is 1. The molecule has 0 saturated heterocycles. The van der Waals surface area contributed by atoms with Gasteiger partial charge in [-0.25, -0.2) is 0 Å². The highest BCUT2D eigenvalue weighted by molar-refractivity contribution is 5.72. The Balaban J connectivity index is 1.42. The van der Waals surface area contributed by atoms with Gasteiger partial charge < -0.3 is 15.2 Å². The second-order valence-electron chi connectivity index (χ2n) is 8.85. The number of carboxylic acid groups (broad SMARTS) is 1. The van der Waals surface area contributed by atoms with E-state index in [-0.39, 0.29) is 6.42 Å². The van der Waals surface area contributed by atoms with Crippen molar-refractivity contribution in [3.63, 3.8) is 0 Å². The van der Waals surface area contributed by atoms with Gasteiger partial charge in [-0.2, -0.15) is 0 Å². The summed E-state index contributed by atoms with van der Waals surface area (Å²) >= 11 is 0. The summed E-state index contributed by atoms with van der Waals surface area (Å²) in [5.41, 5.74) is 9.20. The molecule has 178 valence electrons. The van der Waals surface area contributed by atoms with E-state index in [1.807, 2.05) is 42.5 Å². The third-order valence-corrected chi connectivity index (χ3v) is 6.05. The third-order valence-electron chi connectivity index (χ3n) is 6.05. The van der Waals surface area contributed by atoms with E-state index in [1.54, 1.807) is 0 Å². The maximum atomic E-state index is 10.8. The minimum Gasteiger partial charge on any atom is -0.489 e. The summed E-state index contributed by atoms with van der Waals surface area (Å²) in [4.78, 5) is 10.8. The third kappa shape index (κ3) is 6.73. The molecule has 0 atom stereocenters. The maximum Gasteiger partial charge on any atom is 0.303 e. The molecule has 0 bridgehead atoms. The molecule has 4 aromatic carbocycles. The van der Waals surface area contributed by atoms with Crippen LogP contribution >= 0.6 is 0 Å². The van der Waals surface area contributed by atoms with Crippen molar-refractivity contribution in [3.8, 4) is 16.9 Å². The molecule has 0 unspecified atom stereocenters. The van der Waals surface area contributed by atoms with Crippen LogP contribution < -0.4 is 10.1 Å². The number of aliphatic carboxylic acids is 1. The van der Waals surface area contributed by atoms with Crippen LogP contribution in [0.2, 0.25) is 0 Å². The second kappa shape index (κ2) is 11.4. The Morgan fingerprint density at radius 1 is 0.800 bits per heavy atom. The maximum absolute atomic E-state index is 10.8. The van der Waals surface area contributed by atoms with Crippen molar-refractivity contribution in [1.82, 2.24) is 0 Å². The van der Waals surface area contributed by atoms with Gasteiger partial charge in [0.25, 0.3) is 0 Å². The quantitative estimate of drug-likeness (QED) is 0.260. The van der Waals surface area contributed by atoms with Crippen molar-refractivity contribution in [2.24, 2.45) is 0 Å². The Hall–Kier alpha value is -4.05. The summed E-state index contributed by atoms with van der Waals surface area (Å²) in [6, 6.07) is 31.0. The highest BCUT2D eigenvalue weighted by atomic mass is 16.5. The first-order valence-corrected chi connectivity index (χ1v) is 11.9. The molecule has 0 spiro atoms. The fourth-order valence-corrected chi connectivity index (χ4v) is 4.28. The summed E-state index contributed by atoms with van der Waals surface area (Å²) < 4.78 is 6.05. The molecule has 35 heavy (non-hydrogen) atoms. The summed E-state index contributed by atoms with van der Waals surface area (Å²) in [6.45, 7) is 5.53. The Bertz CT molecular complexity index is 1260. The molecular formula is C31H31NO3. The molecule has 4 heteroatoms. The average molecular weight is 466 g/mol. The first-order chi connectivity index (χ1) is 17.0. The molecular weight excluding hydrogens is 434 g/mol. The lowest BCUT2D eigenvalue weighted by atomic mass is 9.94. The summed E-state index contributed by atoms with van der Waals surface area (Å²) in [6.07, 6.45) is 0.699. The monoisotopic (exact) mass is 465 g/mol. The van der Waals surface area contributed by atoms with Gasteiger partial charge in [0.05, 0.1) is 0 Å². The van der Waals surface area contributed by atoms with E-state index in [0.29, 0.717) is 19.6 Å². The lowest BCUT2D eigenvalue weighted by Crippen LogP contribution is -2.01. The Labute approximate surface area is 207 Å². The minimum absolute atomic E-state index is 0.151. The van der Waals surface area contributed by atoms with Crippen LogP contribution in [0, 0.1) is 13.8 Å². The van der Waals surface area contributed by atoms with Crippen molar-refractivity contribution in [2.75, 3.05) is 5.32 Å². The number of rotatable bonds is 10. The number of ether oxygens (including phenoxy) is 1. The molecule has 0 aliphatic rings. The van der Waals surface area contributed by atoms with Gasteiger partial charge in [0.15, 0.2) is 0 Å². The molecule has 0 amide bonds. The zero-order chi connectivity index (χ0) is 24.6. The molecule has 0 aromatic heterocycles. The summed E-state index contributed by atoms with van der Waals surface area (Å²) in [5.74, 6) is 0.115. The van der Waals surface area contributed by atoms with Crippen molar-refractivity contribution >= 4 is 11.7 Å². The SMILES string of the molecule is Cc1cc(OCc2ccccc2)cc(C)c1-c1cccc(CNc2ccc(CCC(=O)O)cc2)c1. The lowest BCUT2D eigenvalue weighted by molar-refractivity contribution is -0.136. The fraction of sp³-hybridized carbons (Fsp3) is 0.194. The van der Waals surface area contributed by atoms with Crippen LogP contribution in [0.1, 0.15) is 34.2 Å². The highest BCUT2D eigenvalue weighted by Gasteiger charge is 2.10. The van der Waals surface area contributed by atoms with E-state index in [2.05, 4.69) is 67.7 Å². The zero-order valence-corrected chi connectivity index (χ0v) is 20.3. The van der Waals surface area contributed by atoms with Crippen molar-refractivity contribution < 1.29 is 14.6 Å². The van der Waals surface area contributed by atoms with E-state index in [4.69, 9.17) is 9.84 Å². The van der Waals surface area contributed by atoms with Gasteiger partial charge in [0, 0.05) is 18.7 Å². The lowest BCUT2D eigenvalue weighted by Gasteiger charge is -2.15. The number of carbonyl (C=O) groups is 1. The molecule has 4 nitrogen and oxygen atoms in total. The highest BCUT2D eigenvalue weighted by Crippen LogP contribution is 2.32. The summed E-state index contributed by atoms with van der Waals surface area (Å²) in [7, 11) is 0. The Morgan fingerprint density at radius 3 is 2.17 bits per heavy atom. The summed E-state index contributed by atoms with van der Waals surface area (Å²) in [5, 5.41) is 12.3. The van der Waals surface area contributed by atoms with Gasteiger partial charge in [-0.15, -0.1) is 0 Å². The first kappa shape index (κ1) is 24.1. The molecule has 2 N–H and O–H groups in total. The van der Waals surface area contributed by atoms with E-state index >= 15 is 0 Å². The minimum atomic E-state index is -0.771. The molecule has 0 aliphatic heterocycles. The van der Waals surface area contributed by atoms with Crippen LogP contribution in [0.3, 0.4) is 0 Å². The van der Waals surface area contributed by atoms with Gasteiger partial charge in [-0.1, -0.05) is 60.7 Å². The number of carboxylic acids is 1. The second-order valence-corrected chi connectivity index (χ2v) is 8.85. The van der Waals surface area contributed by atoms with Crippen LogP contribution in [-0.2, 0) is 24.4 Å². The molecule has 4 rings (SSSR count). The standard InChI is InChI=1S/C31H31NO3/c1-22-17-29(35-21-25-7-4-3-5-8-25)18-23(2)31(22)27-10-6-9-26(19-27)20-32-28-14-11-24(12-15-28)13-16-30(33)34/h3-12,14-15,17-19,32H,13,16,20-21H2,1-2H3,(H,33,34). The van der Waals surface area contributed by atoms with Crippen LogP contribution in [0.4, 0.5) is 5.69 Å². The Morgan fingerprint density at radius 2 is 1.49 bits per heavy atom. The topological polar surface area (TPSA) is 58.6 Å². The normalized spacial score (nSPS) is 10.7. The van der Waals surface area contributed by atoms with Crippen molar-refractivity contribution in [1.29, 1.82) is 0 Å². The van der Waals surface area contributed by atoms with Crippen LogP contribution in [0.15, 0.2) is 91.0 Å². The van der Waals surface area contributed by atoms with E-state index in [1.165, 1.54) is 27.8 Å². The van der Waals surface area contributed by atoms with Crippen LogP contribution in [0.5, 0.6) is 5.75 Å². The number of aryl methyl sites for hydroxylation is 3. The number of hydrogen-bond donors (Lipinski definition) is 2. The predicted octanol–water partition coefficient (Wildman–Crippen LogP) is 7.18. The van der Waals surface area contributed by atoms with Crippen molar-refractivity contribution in [3.05, 3.63) is 119 Å². The molecule has 4 aromatic rings. The number of benzene rings is 4. The molecule has 0 fully saturated rings. The largest absolute Gasteiger partial charge is 0.489 e. The van der Waals surface area contributed by atoms with Gasteiger partial charge in [-0.3, -0.25) is 4.79 Å². The fourth-order valence-electron chi connectivity index (χ4n) is 4.28. The van der Waals surface area contributed by atoms with Crippen LogP contribution in [-0.4, -0.2) is 11.1 Å². The van der Waals surface area contributed by atoms with Crippen molar-refractivity contribution in [2.45, 2.75) is 39.8 Å². The van der Waals surface area contributed by atoms with Gasteiger partial charge in [0.1, 0.15) is 12.4 Å². The van der Waals surface area contributed by atoms with E-state index in [9.17, 15) is 4.79 Å². The smallest absolute Gasteiger partial charge is 0.303 e. The Kier molecular flexibility index (Phi) is 7.84. The molecule has 0 radical (unpaired) electrons. The van der Waals surface area contributed by atoms with E-state index < -0.39 is 5.97 Å². The number of nitrogens with one attached hydrogen (secondary N) is 1. The predicted molar refractivity (Wildman–Crippen MR) is 142 cm³/mol. The van der Waals surface area contributed by atoms with Crippen LogP contribution in [0.25, 0.3) is 11.1 Å². The van der Waals surface area contributed by atoms with Gasteiger partial charge in [-0.05, 0) is 89.5 Å². The molecule has 0 saturated carbocycles. The number of hydrogen-bond acceptors (Lipinski definition) is 3.